The molecule has 0 saturated carbocycles. The number of sulfonamides is 1. The van der Waals surface area contributed by atoms with Crippen LogP contribution in [0.1, 0.15) is 21.4 Å². The molecule has 0 fully saturated rings. The van der Waals surface area contributed by atoms with Crippen molar-refractivity contribution in [3.05, 3.63) is 86.5 Å². The molecule has 4 nitrogen and oxygen atoms in total. The van der Waals surface area contributed by atoms with Crippen LogP contribution in [0.2, 0.25) is 0 Å². The van der Waals surface area contributed by atoms with Gasteiger partial charge < -0.3 is 5.11 Å². The topological polar surface area (TPSA) is 66.4 Å². The molecule has 0 aliphatic rings. The summed E-state index contributed by atoms with van der Waals surface area (Å²) in [5, 5.41) is 10.4. The quantitative estimate of drug-likeness (QED) is 0.610. The minimum absolute atomic E-state index is 0.185. The second kappa shape index (κ2) is 7.80. The molecule has 0 unspecified atom stereocenters. The molecule has 0 amide bonds. The van der Waals surface area contributed by atoms with E-state index in [9.17, 15) is 13.5 Å². The van der Waals surface area contributed by atoms with Gasteiger partial charge in [0.2, 0.25) is 10.0 Å². The number of halogens is 1. The van der Waals surface area contributed by atoms with Crippen LogP contribution >= 0.6 is 27.3 Å². The number of hydrogen-bond acceptors (Lipinski definition) is 4. The van der Waals surface area contributed by atoms with Crippen LogP contribution < -0.4 is 4.72 Å². The predicted molar refractivity (Wildman–Crippen MR) is 103 cm³/mol. The lowest BCUT2D eigenvalue weighted by Gasteiger charge is -2.08. The summed E-state index contributed by atoms with van der Waals surface area (Å²) >= 11 is 4.68. The van der Waals surface area contributed by atoms with Gasteiger partial charge in [-0.3, -0.25) is 0 Å². The second-order valence-corrected chi connectivity index (χ2v) is 9.28. The molecule has 3 aromatic rings. The highest BCUT2D eigenvalue weighted by molar-refractivity contribution is 9.10. The van der Waals surface area contributed by atoms with E-state index in [1.165, 1.54) is 11.3 Å². The monoisotopic (exact) mass is 437 g/mol. The van der Waals surface area contributed by atoms with Crippen LogP contribution in [0.5, 0.6) is 0 Å². The zero-order chi connectivity index (χ0) is 17.9. The number of rotatable bonds is 6. The fraction of sp³-hybridized carbons (Fsp3) is 0.111. The van der Waals surface area contributed by atoms with Crippen LogP contribution in [0.4, 0.5) is 0 Å². The van der Waals surface area contributed by atoms with Crippen LogP contribution in [-0.2, 0) is 16.6 Å². The Labute approximate surface area is 159 Å². The third-order valence-corrected chi connectivity index (χ3v) is 6.71. The maximum absolute atomic E-state index is 12.3. The van der Waals surface area contributed by atoms with Crippen molar-refractivity contribution in [3.63, 3.8) is 0 Å². The van der Waals surface area contributed by atoms with E-state index in [-0.39, 0.29) is 11.4 Å². The van der Waals surface area contributed by atoms with Crippen molar-refractivity contribution in [1.82, 2.24) is 4.72 Å². The molecule has 2 N–H and O–H groups in total. The van der Waals surface area contributed by atoms with Crippen LogP contribution in [0.15, 0.2) is 76.1 Å². The summed E-state index contributed by atoms with van der Waals surface area (Å²) in [6, 6.07) is 19.5. The number of aliphatic hydroxyl groups is 1. The van der Waals surface area contributed by atoms with Gasteiger partial charge in [-0.05, 0) is 42.0 Å². The lowest BCUT2D eigenvalue weighted by molar-refractivity contribution is 0.224. The molecule has 1 atom stereocenters. The third-order valence-electron chi connectivity index (χ3n) is 3.63. The minimum Gasteiger partial charge on any atom is -0.383 e. The average molecular weight is 438 g/mol. The molecule has 7 heteroatoms. The first kappa shape index (κ1) is 18.3. The number of benzene rings is 2. The van der Waals surface area contributed by atoms with Gasteiger partial charge in [0.15, 0.2) is 0 Å². The Morgan fingerprint density at radius 1 is 1.00 bits per heavy atom. The summed E-state index contributed by atoms with van der Waals surface area (Å²) in [7, 11) is -3.57. The number of thiophene rings is 1. The van der Waals surface area contributed by atoms with E-state index < -0.39 is 16.1 Å². The number of hydrogen-bond donors (Lipinski definition) is 2. The fourth-order valence-electron chi connectivity index (χ4n) is 2.30. The van der Waals surface area contributed by atoms with Gasteiger partial charge in [-0.25, -0.2) is 13.1 Å². The third kappa shape index (κ3) is 4.56. The maximum atomic E-state index is 12.3. The van der Waals surface area contributed by atoms with Gasteiger partial charge in [-0.1, -0.05) is 46.3 Å². The molecule has 1 aromatic heterocycles. The standard InChI is InChI=1S/C18H16BrNO3S2/c19-14-6-9-16(10-7-14)25(22,23)20-12-15-8-11-17(24-15)18(21)13-4-2-1-3-5-13/h1-11,18,20-21H,12H2/t18-/m1/s1. The molecule has 25 heavy (non-hydrogen) atoms. The van der Waals surface area contributed by atoms with Crippen molar-refractivity contribution in [2.75, 3.05) is 0 Å². The molecule has 2 aromatic carbocycles. The first-order valence-electron chi connectivity index (χ1n) is 7.52. The van der Waals surface area contributed by atoms with E-state index in [4.69, 9.17) is 0 Å². The van der Waals surface area contributed by atoms with Gasteiger partial charge in [0.25, 0.3) is 0 Å². The molecule has 0 radical (unpaired) electrons. The minimum atomic E-state index is -3.57. The Morgan fingerprint density at radius 2 is 1.68 bits per heavy atom. The normalized spacial score (nSPS) is 12.9. The summed E-state index contributed by atoms with van der Waals surface area (Å²) in [4.78, 5) is 1.84. The van der Waals surface area contributed by atoms with Crippen molar-refractivity contribution in [2.24, 2.45) is 0 Å². The van der Waals surface area contributed by atoms with E-state index in [2.05, 4.69) is 20.7 Å². The van der Waals surface area contributed by atoms with E-state index in [0.29, 0.717) is 0 Å². The molecule has 0 saturated heterocycles. The van der Waals surface area contributed by atoms with Gasteiger partial charge >= 0.3 is 0 Å². The number of nitrogens with one attached hydrogen (secondary N) is 1. The summed E-state index contributed by atoms with van der Waals surface area (Å²) in [5.74, 6) is 0. The van der Waals surface area contributed by atoms with Gasteiger partial charge in [0.05, 0.1) is 4.90 Å². The lowest BCUT2D eigenvalue weighted by Crippen LogP contribution is -2.22. The molecule has 0 bridgehead atoms. The summed E-state index contributed by atoms with van der Waals surface area (Å²) in [5.41, 5.74) is 0.811. The Hall–Kier alpha value is -1.51. The molecular weight excluding hydrogens is 422 g/mol. The Kier molecular flexibility index (Phi) is 5.71. The van der Waals surface area contributed by atoms with E-state index >= 15 is 0 Å². The zero-order valence-electron chi connectivity index (χ0n) is 13.1. The summed E-state index contributed by atoms with van der Waals surface area (Å²) < 4.78 is 28.0. The molecule has 0 spiro atoms. The molecule has 3 rings (SSSR count). The van der Waals surface area contributed by atoms with Crippen molar-refractivity contribution in [1.29, 1.82) is 0 Å². The van der Waals surface area contributed by atoms with Gasteiger partial charge in [0, 0.05) is 20.8 Å². The molecule has 130 valence electrons. The first-order valence-corrected chi connectivity index (χ1v) is 10.6. The van der Waals surface area contributed by atoms with Crippen LogP contribution in [0, 0.1) is 0 Å². The zero-order valence-corrected chi connectivity index (χ0v) is 16.3. The van der Waals surface area contributed by atoms with Crippen LogP contribution in [-0.4, -0.2) is 13.5 Å². The van der Waals surface area contributed by atoms with Crippen molar-refractivity contribution >= 4 is 37.3 Å². The largest absolute Gasteiger partial charge is 0.383 e. The molecular formula is C18H16BrNO3S2. The van der Waals surface area contributed by atoms with Gasteiger partial charge in [0.1, 0.15) is 6.10 Å². The summed E-state index contributed by atoms with van der Waals surface area (Å²) in [6.45, 7) is 0.185. The predicted octanol–water partition coefficient (Wildman–Crippen LogP) is 4.07. The fourth-order valence-corrected chi connectivity index (χ4v) is 4.63. The number of aliphatic hydroxyl groups excluding tert-OH is 1. The smallest absolute Gasteiger partial charge is 0.240 e. The molecule has 0 aliphatic heterocycles. The highest BCUT2D eigenvalue weighted by atomic mass is 79.9. The van der Waals surface area contributed by atoms with Crippen LogP contribution in [0.3, 0.4) is 0 Å². The highest BCUT2D eigenvalue weighted by Gasteiger charge is 2.16. The Balaban J connectivity index is 1.68. The molecule has 0 aliphatic carbocycles. The van der Waals surface area contributed by atoms with Gasteiger partial charge in [-0.2, -0.15) is 0 Å². The van der Waals surface area contributed by atoms with Crippen molar-refractivity contribution in [3.8, 4) is 0 Å². The maximum Gasteiger partial charge on any atom is 0.240 e. The Bertz CT molecular complexity index is 938. The average Bonchev–Trinajstić information content (AvgIpc) is 3.10. The van der Waals surface area contributed by atoms with E-state index in [0.717, 1.165) is 19.8 Å². The van der Waals surface area contributed by atoms with Crippen LogP contribution in [0.25, 0.3) is 0 Å². The lowest BCUT2D eigenvalue weighted by atomic mass is 10.1. The van der Waals surface area contributed by atoms with Crippen molar-refractivity contribution in [2.45, 2.75) is 17.5 Å². The van der Waals surface area contributed by atoms with E-state index in [1.807, 2.05) is 42.5 Å². The Morgan fingerprint density at radius 3 is 2.36 bits per heavy atom. The van der Waals surface area contributed by atoms with Crippen molar-refractivity contribution < 1.29 is 13.5 Å². The summed E-state index contributed by atoms with van der Waals surface area (Å²) in [6.07, 6.45) is -0.706. The first-order chi connectivity index (χ1) is 12.0. The van der Waals surface area contributed by atoms with Gasteiger partial charge in [-0.15, -0.1) is 11.3 Å². The van der Waals surface area contributed by atoms with E-state index in [1.54, 1.807) is 24.3 Å². The highest BCUT2D eigenvalue weighted by Crippen LogP contribution is 2.28. The SMILES string of the molecule is O=S(=O)(NCc1ccc([C@H](O)c2ccccc2)s1)c1ccc(Br)cc1. The molecule has 1 heterocycles. The second-order valence-electron chi connectivity index (χ2n) is 5.40.